The maximum atomic E-state index is 12.0. The zero-order valence-electron chi connectivity index (χ0n) is 13.2. The maximum absolute atomic E-state index is 12.0. The van der Waals surface area contributed by atoms with Crippen LogP contribution in [0.4, 0.5) is 10.7 Å². The summed E-state index contributed by atoms with van der Waals surface area (Å²) in [5.74, 6) is 0.438. The van der Waals surface area contributed by atoms with Gasteiger partial charge in [-0.15, -0.1) is 0 Å². The molecule has 1 fully saturated rings. The van der Waals surface area contributed by atoms with Crippen molar-refractivity contribution in [2.75, 3.05) is 31.1 Å². The van der Waals surface area contributed by atoms with Gasteiger partial charge in [-0.2, -0.15) is 0 Å². The molecule has 0 saturated carbocycles. The van der Waals surface area contributed by atoms with E-state index in [9.17, 15) is 4.79 Å². The monoisotopic (exact) mass is 306 g/mol. The van der Waals surface area contributed by atoms with E-state index in [-0.39, 0.29) is 11.9 Å². The Kier molecular flexibility index (Phi) is 4.48. The third-order valence-corrected chi connectivity index (χ3v) is 3.13. The summed E-state index contributed by atoms with van der Waals surface area (Å²) >= 11 is 0. The molecule has 1 aromatic rings. The van der Waals surface area contributed by atoms with Gasteiger partial charge in [0.15, 0.2) is 0 Å². The number of amides is 1. The summed E-state index contributed by atoms with van der Waals surface area (Å²) in [4.78, 5) is 24.1. The fraction of sp³-hybridized carbons (Fsp3) is 0.571. The van der Waals surface area contributed by atoms with Gasteiger partial charge in [-0.25, -0.2) is 14.8 Å². The van der Waals surface area contributed by atoms with Crippen LogP contribution in [0.25, 0.3) is 0 Å². The highest BCUT2D eigenvalue weighted by Crippen LogP contribution is 2.14. The number of nitrogens with zero attached hydrogens (tertiary/aromatic N) is 4. The Balaban J connectivity index is 1.96. The SMILES string of the molecule is CC(C)(C)OC(=O)N1CCN(c2nccc(C(=N)N)n2)CC1. The number of amidine groups is 1. The standard InChI is InChI=1S/C14H22N6O2/c1-14(2,3)22-13(21)20-8-6-19(7-9-20)12-17-5-4-10(18-12)11(15)16/h4-5H,6-9H2,1-3H3,(H3,15,16). The topological polar surface area (TPSA) is 108 Å². The normalized spacial score (nSPS) is 15.6. The average Bonchev–Trinajstić information content (AvgIpc) is 2.46. The summed E-state index contributed by atoms with van der Waals surface area (Å²) < 4.78 is 5.36. The van der Waals surface area contributed by atoms with Crippen LogP contribution in [0.5, 0.6) is 0 Å². The Morgan fingerprint density at radius 3 is 2.50 bits per heavy atom. The Bertz CT molecular complexity index is 561. The molecule has 2 rings (SSSR count). The van der Waals surface area contributed by atoms with Gasteiger partial charge in [-0.05, 0) is 26.8 Å². The molecule has 120 valence electrons. The van der Waals surface area contributed by atoms with Gasteiger partial charge in [0.2, 0.25) is 5.95 Å². The lowest BCUT2D eigenvalue weighted by atomic mass is 10.2. The number of nitrogen functional groups attached to an aromatic ring is 1. The molecule has 0 radical (unpaired) electrons. The van der Waals surface area contributed by atoms with Crippen LogP contribution in [-0.2, 0) is 4.74 Å². The second-order valence-corrected chi connectivity index (χ2v) is 6.11. The highest BCUT2D eigenvalue weighted by Gasteiger charge is 2.26. The molecule has 1 saturated heterocycles. The van der Waals surface area contributed by atoms with Crippen molar-refractivity contribution in [2.45, 2.75) is 26.4 Å². The smallest absolute Gasteiger partial charge is 0.410 e. The van der Waals surface area contributed by atoms with Gasteiger partial charge < -0.3 is 20.3 Å². The van der Waals surface area contributed by atoms with Crippen molar-refractivity contribution >= 4 is 17.9 Å². The zero-order chi connectivity index (χ0) is 16.3. The summed E-state index contributed by atoms with van der Waals surface area (Å²) in [7, 11) is 0. The van der Waals surface area contributed by atoms with E-state index in [1.807, 2.05) is 25.7 Å². The number of ether oxygens (including phenoxy) is 1. The second kappa shape index (κ2) is 6.17. The maximum Gasteiger partial charge on any atom is 0.410 e. The minimum atomic E-state index is -0.493. The van der Waals surface area contributed by atoms with Crippen molar-refractivity contribution in [2.24, 2.45) is 5.73 Å². The number of rotatable bonds is 2. The lowest BCUT2D eigenvalue weighted by Gasteiger charge is -2.35. The second-order valence-electron chi connectivity index (χ2n) is 6.11. The fourth-order valence-corrected chi connectivity index (χ4v) is 2.07. The van der Waals surface area contributed by atoms with Crippen LogP contribution in [0.15, 0.2) is 12.3 Å². The zero-order valence-corrected chi connectivity index (χ0v) is 13.2. The van der Waals surface area contributed by atoms with Crippen LogP contribution in [-0.4, -0.2) is 58.6 Å². The molecule has 8 heteroatoms. The first-order valence-electron chi connectivity index (χ1n) is 7.16. The van der Waals surface area contributed by atoms with E-state index >= 15 is 0 Å². The number of hydrogen-bond acceptors (Lipinski definition) is 6. The van der Waals surface area contributed by atoms with Crippen molar-refractivity contribution in [3.8, 4) is 0 Å². The number of hydrogen-bond donors (Lipinski definition) is 2. The van der Waals surface area contributed by atoms with E-state index in [1.54, 1.807) is 17.2 Å². The molecule has 1 aliphatic heterocycles. The van der Waals surface area contributed by atoms with Crippen LogP contribution in [0.2, 0.25) is 0 Å². The van der Waals surface area contributed by atoms with Crippen LogP contribution in [0.1, 0.15) is 26.5 Å². The lowest BCUT2D eigenvalue weighted by molar-refractivity contribution is 0.0240. The van der Waals surface area contributed by atoms with Crippen molar-refractivity contribution in [3.05, 3.63) is 18.0 Å². The highest BCUT2D eigenvalue weighted by molar-refractivity contribution is 5.93. The predicted molar refractivity (Wildman–Crippen MR) is 83.1 cm³/mol. The van der Waals surface area contributed by atoms with Gasteiger partial charge in [-0.1, -0.05) is 0 Å². The van der Waals surface area contributed by atoms with E-state index in [0.717, 1.165) is 0 Å². The molecule has 0 aromatic carbocycles. The van der Waals surface area contributed by atoms with E-state index in [1.165, 1.54) is 0 Å². The van der Waals surface area contributed by atoms with E-state index in [0.29, 0.717) is 37.8 Å². The number of anilines is 1. The van der Waals surface area contributed by atoms with Gasteiger partial charge in [0.25, 0.3) is 0 Å². The predicted octanol–water partition coefficient (Wildman–Crippen LogP) is 0.818. The summed E-state index contributed by atoms with van der Waals surface area (Å²) in [6, 6.07) is 1.60. The summed E-state index contributed by atoms with van der Waals surface area (Å²) in [5, 5.41) is 7.42. The van der Waals surface area contributed by atoms with Crippen molar-refractivity contribution in [3.63, 3.8) is 0 Å². The quantitative estimate of drug-likeness (QED) is 0.618. The van der Waals surface area contributed by atoms with Crippen LogP contribution in [0.3, 0.4) is 0 Å². The minimum Gasteiger partial charge on any atom is -0.444 e. The molecule has 0 spiro atoms. The summed E-state index contributed by atoms with van der Waals surface area (Å²) in [6.45, 7) is 7.86. The molecular weight excluding hydrogens is 284 g/mol. The van der Waals surface area contributed by atoms with E-state index < -0.39 is 5.60 Å². The Morgan fingerprint density at radius 2 is 1.95 bits per heavy atom. The Hall–Kier alpha value is -2.38. The molecule has 0 atom stereocenters. The van der Waals surface area contributed by atoms with Gasteiger partial charge in [-0.3, -0.25) is 5.41 Å². The minimum absolute atomic E-state index is 0.0870. The first-order chi connectivity index (χ1) is 10.3. The van der Waals surface area contributed by atoms with Gasteiger partial charge in [0.05, 0.1) is 0 Å². The number of piperazine rings is 1. The van der Waals surface area contributed by atoms with Gasteiger partial charge in [0.1, 0.15) is 17.1 Å². The van der Waals surface area contributed by atoms with Crippen LogP contribution in [0, 0.1) is 5.41 Å². The molecule has 1 aromatic heterocycles. The molecule has 3 N–H and O–H groups in total. The molecule has 0 bridgehead atoms. The summed E-state index contributed by atoms with van der Waals surface area (Å²) in [5.41, 5.74) is 5.35. The third kappa shape index (κ3) is 4.06. The molecule has 1 aliphatic rings. The molecule has 22 heavy (non-hydrogen) atoms. The molecule has 0 aliphatic carbocycles. The Labute approximate surface area is 129 Å². The van der Waals surface area contributed by atoms with Gasteiger partial charge >= 0.3 is 6.09 Å². The first-order valence-corrected chi connectivity index (χ1v) is 7.16. The Morgan fingerprint density at radius 1 is 1.32 bits per heavy atom. The highest BCUT2D eigenvalue weighted by atomic mass is 16.6. The third-order valence-electron chi connectivity index (χ3n) is 3.13. The average molecular weight is 306 g/mol. The largest absolute Gasteiger partial charge is 0.444 e. The lowest BCUT2D eigenvalue weighted by Crippen LogP contribution is -2.50. The van der Waals surface area contributed by atoms with Gasteiger partial charge in [0, 0.05) is 32.4 Å². The van der Waals surface area contributed by atoms with Crippen LogP contribution >= 0.6 is 0 Å². The van der Waals surface area contributed by atoms with E-state index in [4.69, 9.17) is 15.9 Å². The molecule has 8 nitrogen and oxygen atoms in total. The van der Waals surface area contributed by atoms with Crippen molar-refractivity contribution < 1.29 is 9.53 Å². The molecule has 0 unspecified atom stereocenters. The van der Waals surface area contributed by atoms with Crippen molar-refractivity contribution in [1.29, 1.82) is 5.41 Å². The summed E-state index contributed by atoms with van der Waals surface area (Å²) in [6.07, 6.45) is 1.28. The number of nitrogens with two attached hydrogens (primary N) is 1. The molecule has 2 heterocycles. The fourth-order valence-electron chi connectivity index (χ4n) is 2.07. The number of nitrogens with one attached hydrogen (secondary N) is 1. The number of carbonyl (C=O) groups is 1. The molecule has 1 amide bonds. The molecular formula is C14H22N6O2. The first kappa shape index (κ1) is 16.0. The number of carbonyl (C=O) groups excluding carboxylic acids is 1. The number of aromatic nitrogens is 2. The van der Waals surface area contributed by atoms with Crippen LogP contribution < -0.4 is 10.6 Å². The van der Waals surface area contributed by atoms with Crippen molar-refractivity contribution in [1.82, 2.24) is 14.9 Å². The van der Waals surface area contributed by atoms with E-state index in [2.05, 4.69) is 9.97 Å².